The summed E-state index contributed by atoms with van der Waals surface area (Å²) in [6.07, 6.45) is 0. The molecule has 0 aliphatic rings. The molecule has 9 rings (SSSR count). The molecule has 0 aliphatic carbocycles. The number of imidazole rings is 1. The van der Waals surface area contributed by atoms with E-state index < -0.39 is 6.85 Å². The van der Waals surface area contributed by atoms with Gasteiger partial charge in [0, 0.05) is 30.0 Å². The maximum absolute atomic E-state index is 8.27. The Labute approximate surface area is 257 Å². The molecule has 0 amide bonds. The molecule has 7 aromatic carbocycles. The van der Waals surface area contributed by atoms with Gasteiger partial charge in [0.1, 0.15) is 5.82 Å². The SMILES string of the molecule is [2H]C([2H])([2H])c1nc2ccccc2n1-c1cccc(-c2c3ccccc3c(-c3ccc4sc5ccccc5c4c3)c3ccccc23)c1. The molecule has 0 aliphatic heterocycles. The molecule has 2 aromatic heterocycles. The molecule has 0 fully saturated rings. The first-order valence-corrected chi connectivity index (χ1v) is 15.2. The van der Waals surface area contributed by atoms with Crippen LogP contribution in [0, 0.1) is 6.85 Å². The summed E-state index contributed by atoms with van der Waals surface area (Å²) in [7, 11) is 0. The monoisotopic (exact) mass is 569 g/mol. The van der Waals surface area contributed by atoms with E-state index in [9.17, 15) is 0 Å². The number of para-hydroxylation sites is 2. The van der Waals surface area contributed by atoms with Crippen molar-refractivity contribution in [3.63, 3.8) is 0 Å². The first-order chi connectivity index (χ1) is 22.5. The predicted molar refractivity (Wildman–Crippen MR) is 185 cm³/mol. The maximum Gasteiger partial charge on any atom is 0.111 e. The largest absolute Gasteiger partial charge is 0.297 e. The van der Waals surface area contributed by atoms with Crippen LogP contribution in [0.5, 0.6) is 0 Å². The highest BCUT2D eigenvalue weighted by molar-refractivity contribution is 7.25. The summed E-state index contributed by atoms with van der Waals surface area (Å²) < 4.78 is 29.2. The van der Waals surface area contributed by atoms with Crippen molar-refractivity contribution >= 4 is 64.1 Å². The molecular weight excluding hydrogens is 541 g/mol. The van der Waals surface area contributed by atoms with Crippen molar-refractivity contribution < 1.29 is 4.11 Å². The van der Waals surface area contributed by atoms with Gasteiger partial charge in [-0.05, 0) is 93.1 Å². The summed E-state index contributed by atoms with van der Waals surface area (Å²) in [4.78, 5) is 4.55. The third kappa shape index (κ3) is 3.68. The lowest BCUT2D eigenvalue weighted by molar-refractivity contribution is 1.00. The van der Waals surface area contributed by atoms with Gasteiger partial charge in [-0.2, -0.15) is 0 Å². The van der Waals surface area contributed by atoms with Gasteiger partial charge in [-0.3, -0.25) is 4.57 Å². The van der Waals surface area contributed by atoms with Crippen molar-refractivity contribution in [1.82, 2.24) is 9.55 Å². The molecule has 0 N–H and O–H groups in total. The molecule has 0 saturated carbocycles. The minimum atomic E-state index is -2.37. The van der Waals surface area contributed by atoms with Gasteiger partial charge in [0.25, 0.3) is 0 Å². The van der Waals surface area contributed by atoms with Crippen LogP contribution in [0.3, 0.4) is 0 Å². The fourth-order valence-corrected chi connectivity index (χ4v) is 7.81. The van der Waals surface area contributed by atoms with E-state index in [1.54, 1.807) is 4.57 Å². The highest BCUT2D eigenvalue weighted by atomic mass is 32.1. The minimum absolute atomic E-state index is 0.0623. The molecule has 0 bridgehead atoms. The van der Waals surface area contributed by atoms with Crippen LogP contribution in [0.25, 0.3) is 80.7 Å². The lowest BCUT2D eigenvalue weighted by atomic mass is 9.85. The molecule has 2 heterocycles. The van der Waals surface area contributed by atoms with Crippen LogP contribution in [0.15, 0.2) is 140 Å². The fourth-order valence-electron chi connectivity index (χ4n) is 6.72. The molecule has 0 radical (unpaired) electrons. The van der Waals surface area contributed by atoms with Crippen molar-refractivity contribution in [1.29, 1.82) is 0 Å². The molecule has 2 nitrogen and oxygen atoms in total. The quantitative estimate of drug-likeness (QED) is 0.194. The predicted octanol–water partition coefficient (Wildman–Crippen LogP) is 11.3. The van der Waals surface area contributed by atoms with Gasteiger partial charge in [0.2, 0.25) is 0 Å². The summed E-state index contributed by atoms with van der Waals surface area (Å²) >= 11 is 1.83. The van der Waals surface area contributed by atoms with Crippen molar-refractivity contribution in [2.45, 2.75) is 6.85 Å². The molecule has 9 aromatic rings. The number of fused-ring (bicyclic) bond motifs is 6. The molecule has 0 spiro atoms. The Morgan fingerprint density at radius 1 is 0.535 bits per heavy atom. The van der Waals surface area contributed by atoms with E-state index in [1.165, 1.54) is 42.1 Å². The van der Waals surface area contributed by atoms with E-state index in [-0.39, 0.29) is 5.82 Å². The van der Waals surface area contributed by atoms with Crippen molar-refractivity contribution in [2.75, 3.05) is 0 Å². The number of nitrogens with zero attached hydrogens (tertiary/aromatic N) is 2. The number of hydrogen-bond donors (Lipinski definition) is 0. The Hall–Kier alpha value is -5.25. The van der Waals surface area contributed by atoms with E-state index >= 15 is 0 Å². The second kappa shape index (κ2) is 9.38. The van der Waals surface area contributed by atoms with E-state index in [0.29, 0.717) is 5.52 Å². The molecule has 0 saturated heterocycles. The van der Waals surface area contributed by atoms with Gasteiger partial charge in [0.15, 0.2) is 0 Å². The first-order valence-electron chi connectivity index (χ1n) is 15.9. The number of aromatic nitrogens is 2. The zero-order valence-corrected chi connectivity index (χ0v) is 23.9. The average Bonchev–Trinajstić information content (AvgIpc) is 3.66. The molecule has 43 heavy (non-hydrogen) atoms. The smallest absolute Gasteiger partial charge is 0.111 e. The van der Waals surface area contributed by atoms with Crippen LogP contribution >= 0.6 is 11.3 Å². The number of benzene rings is 7. The summed E-state index contributed by atoms with van der Waals surface area (Å²) in [6, 6.07) is 48.5. The Morgan fingerprint density at radius 3 is 1.86 bits per heavy atom. The number of aryl methyl sites for hydroxylation is 1. The molecule has 202 valence electrons. The van der Waals surface area contributed by atoms with Crippen LogP contribution in [0.1, 0.15) is 9.94 Å². The van der Waals surface area contributed by atoms with Gasteiger partial charge in [-0.1, -0.05) is 97.1 Å². The highest BCUT2D eigenvalue weighted by Crippen LogP contribution is 2.45. The number of rotatable bonds is 3. The molecule has 3 heteroatoms. The van der Waals surface area contributed by atoms with Crippen LogP contribution in [0.2, 0.25) is 0 Å². The second-order valence-electron chi connectivity index (χ2n) is 11.0. The van der Waals surface area contributed by atoms with E-state index in [4.69, 9.17) is 4.11 Å². The van der Waals surface area contributed by atoms with E-state index in [1.807, 2.05) is 47.7 Å². The van der Waals surface area contributed by atoms with Crippen LogP contribution in [-0.4, -0.2) is 9.55 Å². The van der Waals surface area contributed by atoms with Gasteiger partial charge < -0.3 is 0 Å². The van der Waals surface area contributed by atoms with Gasteiger partial charge in [0.05, 0.1) is 11.0 Å². The van der Waals surface area contributed by atoms with E-state index in [2.05, 4.69) is 108 Å². The molecule has 0 unspecified atom stereocenters. The number of hydrogen-bond acceptors (Lipinski definition) is 2. The first kappa shape index (κ1) is 21.5. The summed E-state index contributed by atoms with van der Waals surface area (Å²) in [5.41, 5.74) is 6.75. The summed E-state index contributed by atoms with van der Waals surface area (Å²) in [5, 5.41) is 7.22. The van der Waals surface area contributed by atoms with Crippen molar-refractivity contribution in [3.8, 4) is 27.9 Å². The zero-order valence-electron chi connectivity index (χ0n) is 26.1. The highest BCUT2D eigenvalue weighted by Gasteiger charge is 2.18. The Bertz CT molecular complexity index is 2590. The van der Waals surface area contributed by atoms with Crippen LogP contribution in [-0.2, 0) is 0 Å². The van der Waals surface area contributed by atoms with Gasteiger partial charge in [-0.15, -0.1) is 11.3 Å². The van der Waals surface area contributed by atoms with Crippen LogP contribution < -0.4 is 0 Å². The van der Waals surface area contributed by atoms with Gasteiger partial charge >= 0.3 is 0 Å². The minimum Gasteiger partial charge on any atom is -0.297 e. The Morgan fingerprint density at radius 2 is 1.14 bits per heavy atom. The third-order valence-electron chi connectivity index (χ3n) is 8.55. The van der Waals surface area contributed by atoms with Crippen molar-refractivity contribution in [2.24, 2.45) is 0 Å². The van der Waals surface area contributed by atoms with Crippen molar-refractivity contribution in [3.05, 3.63) is 145 Å². The summed E-state index contributed by atoms with van der Waals surface area (Å²) in [5.74, 6) is 0.0623. The van der Waals surface area contributed by atoms with Gasteiger partial charge in [-0.25, -0.2) is 4.98 Å². The fraction of sp³-hybridized carbons (Fsp3) is 0.0250. The Kier molecular flexibility index (Phi) is 4.68. The topological polar surface area (TPSA) is 17.8 Å². The molecular formula is C40H26N2S. The standard InChI is InChI=1S/C40H26N2S/c1-25-41-35-18-7-8-19-36(35)42(25)28-12-10-11-26(23-28)39-30-14-2-4-16-32(30)40(33-17-5-3-15-31(33)39)27-21-22-38-34(24-27)29-13-6-9-20-37(29)43-38/h2-24H,1H3/i1D3. The lowest BCUT2D eigenvalue weighted by Crippen LogP contribution is -1.97. The Balaban J connectivity index is 1.32. The summed E-state index contributed by atoms with van der Waals surface area (Å²) in [6.45, 7) is -2.37. The second-order valence-corrected chi connectivity index (χ2v) is 12.0. The normalized spacial score (nSPS) is 13.2. The zero-order chi connectivity index (χ0) is 31.0. The molecule has 0 atom stereocenters. The number of thiophene rings is 1. The van der Waals surface area contributed by atoms with E-state index in [0.717, 1.165) is 33.1 Å². The lowest BCUT2D eigenvalue weighted by Gasteiger charge is -2.18. The van der Waals surface area contributed by atoms with Crippen LogP contribution in [0.4, 0.5) is 0 Å². The maximum atomic E-state index is 8.27. The third-order valence-corrected chi connectivity index (χ3v) is 9.70. The average molecular weight is 570 g/mol.